The SMILES string of the molecule is CC1(C)OC1(C(=O)OC(c1ccccc1)c1ccccc1)N1C(=O)C(NC(=O)OCc2ccccc2)C1OCC1CO1. The van der Waals surface area contributed by atoms with Crippen molar-refractivity contribution in [1.82, 2.24) is 10.2 Å². The Morgan fingerprint density at radius 3 is 2.02 bits per heavy atom. The molecule has 0 saturated carbocycles. The summed E-state index contributed by atoms with van der Waals surface area (Å²) in [5.41, 5.74) is -0.504. The Morgan fingerprint density at radius 2 is 1.50 bits per heavy atom. The van der Waals surface area contributed by atoms with E-state index >= 15 is 0 Å². The molecule has 10 heteroatoms. The zero-order chi connectivity index (χ0) is 29.3. The maximum Gasteiger partial charge on any atom is 0.408 e. The summed E-state index contributed by atoms with van der Waals surface area (Å²) in [5, 5.41) is 2.59. The number of rotatable bonds is 11. The van der Waals surface area contributed by atoms with Crippen LogP contribution < -0.4 is 5.32 Å². The van der Waals surface area contributed by atoms with Crippen molar-refractivity contribution in [1.29, 1.82) is 0 Å². The minimum atomic E-state index is -1.76. The largest absolute Gasteiger partial charge is 0.449 e. The van der Waals surface area contributed by atoms with E-state index in [1.807, 2.05) is 91.0 Å². The number of benzene rings is 3. The van der Waals surface area contributed by atoms with Crippen molar-refractivity contribution in [3.8, 4) is 0 Å². The molecule has 3 aliphatic heterocycles. The third-order valence-corrected chi connectivity index (χ3v) is 7.61. The summed E-state index contributed by atoms with van der Waals surface area (Å²) >= 11 is 0. The van der Waals surface area contributed by atoms with Crippen LogP contribution in [0.4, 0.5) is 4.79 Å². The van der Waals surface area contributed by atoms with E-state index in [-0.39, 0.29) is 19.3 Å². The van der Waals surface area contributed by atoms with Gasteiger partial charge in [0.25, 0.3) is 11.6 Å². The first kappa shape index (κ1) is 27.9. The third-order valence-electron chi connectivity index (χ3n) is 7.61. The second-order valence-electron chi connectivity index (χ2n) is 10.9. The van der Waals surface area contributed by atoms with E-state index in [2.05, 4.69) is 5.32 Å². The van der Waals surface area contributed by atoms with E-state index in [1.165, 1.54) is 4.90 Å². The van der Waals surface area contributed by atoms with E-state index in [9.17, 15) is 14.4 Å². The predicted molar refractivity (Wildman–Crippen MR) is 149 cm³/mol. The van der Waals surface area contributed by atoms with Crippen LogP contribution in [0.5, 0.6) is 0 Å². The first-order valence-corrected chi connectivity index (χ1v) is 13.8. The maximum absolute atomic E-state index is 14.0. The number of nitrogens with one attached hydrogen (secondary N) is 1. The monoisotopic (exact) mass is 572 g/mol. The molecule has 3 fully saturated rings. The molecule has 1 N–H and O–H groups in total. The molecule has 3 aromatic carbocycles. The number of esters is 1. The second kappa shape index (κ2) is 11.2. The Labute approximate surface area is 243 Å². The van der Waals surface area contributed by atoms with Gasteiger partial charge in [0.1, 0.15) is 18.3 Å². The van der Waals surface area contributed by atoms with Crippen LogP contribution in [0.3, 0.4) is 0 Å². The van der Waals surface area contributed by atoms with Crippen LogP contribution in [0, 0.1) is 0 Å². The van der Waals surface area contributed by atoms with E-state index in [0.29, 0.717) is 6.61 Å². The highest BCUT2D eigenvalue weighted by atomic mass is 16.7. The number of likely N-dealkylation sites (tertiary alicyclic amines) is 1. The molecule has 3 heterocycles. The van der Waals surface area contributed by atoms with Crippen molar-refractivity contribution in [3.05, 3.63) is 108 Å². The highest BCUT2D eigenvalue weighted by Gasteiger charge is 2.80. The van der Waals surface area contributed by atoms with Crippen molar-refractivity contribution < 1.29 is 38.1 Å². The van der Waals surface area contributed by atoms with Gasteiger partial charge in [0, 0.05) is 0 Å². The van der Waals surface area contributed by atoms with Gasteiger partial charge in [-0.1, -0.05) is 91.0 Å². The Hall–Kier alpha value is -4.25. The van der Waals surface area contributed by atoms with Crippen LogP contribution in [0.25, 0.3) is 0 Å². The van der Waals surface area contributed by atoms with Crippen molar-refractivity contribution in [2.45, 2.75) is 56.3 Å². The topological polar surface area (TPSA) is 119 Å². The van der Waals surface area contributed by atoms with Gasteiger partial charge in [0.2, 0.25) is 0 Å². The first-order valence-electron chi connectivity index (χ1n) is 13.8. The lowest BCUT2D eigenvalue weighted by Crippen LogP contribution is -2.77. The number of hydrogen-bond donors (Lipinski definition) is 1. The minimum Gasteiger partial charge on any atom is -0.449 e. The van der Waals surface area contributed by atoms with Crippen molar-refractivity contribution in [2.75, 3.05) is 13.2 Å². The molecule has 4 atom stereocenters. The zero-order valence-corrected chi connectivity index (χ0v) is 23.3. The van der Waals surface area contributed by atoms with Gasteiger partial charge < -0.3 is 29.0 Å². The molecule has 0 aliphatic carbocycles. The Morgan fingerprint density at radius 1 is 0.952 bits per heavy atom. The van der Waals surface area contributed by atoms with Gasteiger partial charge in [0.05, 0.1) is 13.2 Å². The lowest BCUT2D eigenvalue weighted by molar-refractivity contribution is -0.213. The second-order valence-corrected chi connectivity index (χ2v) is 10.9. The summed E-state index contributed by atoms with van der Waals surface area (Å²) in [4.78, 5) is 41.5. The smallest absolute Gasteiger partial charge is 0.408 e. The molecular weight excluding hydrogens is 540 g/mol. The normalized spacial score (nSPS) is 25.4. The number of ether oxygens (including phenoxy) is 5. The van der Waals surface area contributed by atoms with Gasteiger partial charge in [-0.3, -0.25) is 9.69 Å². The highest BCUT2D eigenvalue weighted by Crippen LogP contribution is 2.55. The molecule has 0 spiro atoms. The zero-order valence-electron chi connectivity index (χ0n) is 23.3. The Bertz CT molecular complexity index is 1390. The maximum atomic E-state index is 14.0. The number of carbonyl (C=O) groups excluding carboxylic acids is 3. The molecule has 0 bridgehead atoms. The molecule has 0 radical (unpaired) electrons. The van der Waals surface area contributed by atoms with Crippen molar-refractivity contribution in [3.63, 3.8) is 0 Å². The van der Waals surface area contributed by atoms with Crippen LogP contribution in [0.1, 0.15) is 36.6 Å². The first-order chi connectivity index (χ1) is 20.3. The summed E-state index contributed by atoms with van der Waals surface area (Å²) in [7, 11) is 0. The number of amides is 2. The van der Waals surface area contributed by atoms with Crippen LogP contribution in [-0.4, -0.2) is 65.8 Å². The predicted octanol–water partition coefficient (Wildman–Crippen LogP) is 3.70. The van der Waals surface area contributed by atoms with Crippen molar-refractivity contribution in [2.24, 2.45) is 0 Å². The number of hydrogen-bond acceptors (Lipinski definition) is 8. The van der Waals surface area contributed by atoms with Crippen LogP contribution >= 0.6 is 0 Å². The number of carbonyl (C=O) groups is 3. The van der Waals surface area contributed by atoms with E-state index in [4.69, 9.17) is 23.7 Å². The lowest BCUT2D eigenvalue weighted by Gasteiger charge is -2.48. The minimum absolute atomic E-state index is 0.0332. The van der Waals surface area contributed by atoms with Gasteiger partial charge >= 0.3 is 12.1 Å². The molecular formula is C32H32N2O8. The lowest BCUT2D eigenvalue weighted by atomic mass is 9.93. The van der Waals surface area contributed by atoms with Gasteiger partial charge in [-0.25, -0.2) is 9.59 Å². The number of epoxide rings is 2. The van der Waals surface area contributed by atoms with E-state index < -0.39 is 47.7 Å². The van der Waals surface area contributed by atoms with E-state index in [0.717, 1.165) is 16.7 Å². The molecule has 2 amide bonds. The van der Waals surface area contributed by atoms with Crippen LogP contribution in [0.15, 0.2) is 91.0 Å². The van der Waals surface area contributed by atoms with Gasteiger partial charge in [-0.15, -0.1) is 0 Å². The molecule has 3 aromatic rings. The average Bonchev–Trinajstić information content (AvgIpc) is 3.93. The fourth-order valence-corrected chi connectivity index (χ4v) is 5.20. The third kappa shape index (κ3) is 5.36. The Balaban J connectivity index is 1.22. The number of alkyl carbamates (subject to hydrolysis) is 1. The van der Waals surface area contributed by atoms with Gasteiger partial charge in [-0.2, -0.15) is 0 Å². The standard InChI is InChI=1S/C32H32N2O8/c1-31(2)32(42-31,29(36)41-26(22-14-8-4-9-15-22)23-16-10-5-11-17-23)34-27(35)25(28(34)39-20-24-19-38-24)33-30(37)40-18-21-12-6-3-7-13-21/h3-17,24-26,28H,18-20H2,1-2H3,(H,33,37). The van der Waals surface area contributed by atoms with Gasteiger partial charge in [0.15, 0.2) is 18.4 Å². The summed E-state index contributed by atoms with van der Waals surface area (Å²) in [6.45, 7) is 4.15. The van der Waals surface area contributed by atoms with E-state index in [1.54, 1.807) is 13.8 Å². The molecule has 42 heavy (non-hydrogen) atoms. The molecule has 3 saturated heterocycles. The summed E-state index contributed by atoms with van der Waals surface area (Å²) in [6, 6.07) is 26.8. The molecule has 4 unspecified atom stereocenters. The van der Waals surface area contributed by atoms with Crippen LogP contribution in [-0.2, 0) is 39.9 Å². The summed E-state index contributed by atoms with van der Waals surface area (Å²) in [6.07, 6.45) is -2.65. The quantitative estimate of drug-likeness (QED) is 0.210. The van der Waals surface area contributed by atoms with Crippen molar-refractivity contribution >= 4 is 18.0 Å². The molecule has 218 valence electrons. The Kier molecular flexibility index (Phi) is 7.44. The number of β-lactam (4-membered cyclic amide) rings is 1. The van der Waals surface area contributed by atoms with Gasteiger partial charge in [-0.05, 0) is 30.5 Å². The average molecular weight is 573 g/mol. The van der Waals surface area contributed by atoms with Crippen LogP contribution in [0.2, 0.25) is 0 Å². The fraction of sp³-hybridized carbons (Fsp3) is 0.344. The fourth-order valence-electron chi connectivity index (χ4n) is 5.20. The molecule has 0 aromatic heterocycles. The molecule has 6 rings (SSSR count). The molecule has 3 aliphatic rings. The number of nitrogens with zero attached hydrogens (tertiary/aromatic N) is 1. The summed E-state index contributed by atoms with van der Waals surface area (Å²) < 4.78 is 28.7. The molecule has 10 nitrogen and oxygen atoms in total. The summed E-state index contributed by atoms with van der Waals surface area (Å²) in [5.74, 6) is -1.29. The highest BCUT2D eigenvalue weighted by molar-refractivity contribution is 5.98.